The van der Waals surface area contributed by atoms with Crippen LogP contribution >= 0.6 is 0 Å². The second-order valence-corrected chi connectivity index (χ2v) is 11.2. The molecule has 5 atom stereocenters. The lowest BCUT2D eigenvalue weighted by atomic mass is 9.73. The van der Waals surface area contributed by atoms with Gasteiger partial charge in [0.1, 0.15) is 11.9 Å². The first kappa shape index (κ1) is 31.8. The summed E-state index contributed by atoms with van der Waals surface area (Å²) in [4.78, 5) is 26.1. The summed E-state index contributed by atoms with van der Waals surface area (Å²) in [5, 5.41) is 21.6. The molecule has 1 aromatic carbocycles. The van der Waals surface area contributed by atoms with Crippen molar-refractivity contribution in [2.45, 2.75) is 98.1 Å². The lowest BCUT2D eigenvalue weighted by Gasteiger charge is -2.34. The van der Waals surface area contributed by atoms with E-state index in [0.717, 1.165) is 37.0 Å². The molecule has 1 heterocycles. The molecule has 1 aromatic rings. The Morgan fingerprint density at radius 3 is 2.29 bits per heavy atom. The van der Waals surface area contributed by atoms with E-state index in [9.17, 15) is 33.0 Å². The Bertz CT molecular complexity index is 1020. The van der Waals surface area contributed by atoms with Crippen LogP contribution in [0.15, 0.2) is 41.5 Å². The number of esters is 1. The number of ether oxygens (including phenoxy) is 1. The van der Waals surface area contributed by atoms with E-state index in [2.05, 4.69) is 0 Å². The first-order chi connectivity index (χ1) is 17.5. The van der Waals surface area contributed by atoms with E-state index in [4.69, 9.17) is 4.74 Å². The number of rotatable bonds is 2. The molecule has 0 spiro atoms. The minimum absolute atomic E-state index is 0.116. The van der Waals surface area contributed by atoms with Crippen molar-refractivity contribution in [1.29, 1.82) is 0 Å². The number of halogens is 3. The molecule has 0 fully saturated rings. The van der Waals surface area contributed by atoms with Crippen LogP contribution in [0.5, 0.6) is 0 Å². The predicted molar refractivity (Wildman–Crippen MR) is 141 cm³/mol. The van der Waals surface area contributed by atoms with Crippen LogP contribution < -0.4 is 0 Å². The fraction of sp³-hybridized carbons (Fsp3) is 0.600. The molecule has 2 N–H and O–H groups in total. The molecule has 5 nitrogen and oxygen atoms in total. The maximum absolute atomic E-state index is 13.2. The van der Waals surface area contributed by atoms with Gasteiger partial charge in [-0.25, -0.2) is 0 Å². The van der Waals surface area contributed by atoms with E-state index in [0.29, 0.717) is 17.6 Å². The van der Waals surface area contributed by atoms with Crippen LogP contribution in [0.2, 0.25) is 0 Å². The van der Waals surface area contributed by atoms with Gasteiger partial charge in [0.15, 0.2) is 0 Å². The fourth-order valence-electron chi connectivity index (χ4n) is 4.75. The molecule has 0 bridgehead atoms. The number of carbonyl (C=O) groups excluding carboxylic acids is 2. The average Bonchev–Trinajstić information content (AvgIpc) is 2.84. The van der Waals surface area contributed by atoms with Crippen molar-refractivity contribution >= 4 is 17.8 Å². The maximum Gasteiger partial charge on any atom is 0.416 e. The highest BCUT2D eigenvalue weighted by atomic mass is 19.4. The van der Waals surface area contributed by atoms with Gasteiger partial charge in [0.2, 0.25) is 0 Å². The molecule has 0 amide bonds. The zero-order valence-electron chi connectivity index (χ0n) is 23.1. The SMILES string of the molecule is C/C1=C/CC(/C(C)=C/c2ccc(C(F)(F)F)cc2)OC(=O)C[C@H](O)C(C)(C)C(=O)[C@H](C)[C@@H](O)C(C)CCC1. The van der Waals surface area contributed by atoms with Gasteiger partial charge in [0, 0.05) is 12.3 Å². The molecule has 1 aliphatic heterocycles. The van der Waals surface area contributed by atoms with Gasteiger partial charge in [0.25, 0.3) is 0 Å². The zero-order chi connectivity index (χ0) is 28.8. The number of hydrogen-bond donors (Lipinski definition) is 2. The predicted octanol–water partition coefficient (Wildman–Crippen LogP) is 6.52. The van der Waals surface area contributed by atoms with Crippen molar-refractivity contribution in [2.24, 2.45) is 17.3 Å². The van der Waals surface area contributed by atoms with E-state index in [-0.39, 0.29) is 11.7 Å². The lowest BCUT2D eigenvalue weighted by Crippen LogP contribution is -2.45. The van der Waals surface area contributed by atoms with E-state index in [1.807, 2.05) is 19.9 Å². The molecule has 1 aliphatic rings. The molecule has 8 heteroatoms. The second kappa shape index (κ2) is 13.1. The van der Waals surface area contributed by atoms with E-state index in [1.54, 1.807) is 33.8 Å². The van der Waals surface area contributed by atoms with E-state index in [1.165, 1.54) is 12.1 Å². The number of carbonyl (C=O) groups is 2. The summed E-state index contributed by atoms with van der Waals surface area (Å²) in [5.74, 6) is -1.84. The minimum Gasteiger partial charge on any atom is -0.457 e. The highest BCUT2D eigenvalue weighted by Crippen LogP contribution is 2.33. The third-order valence-electron chi connectivity index (χ3n) is 7.66. The van der Waals surface area contributed by atoms with Gasteiger partial charge in [-0.3, -0.25) is 9.59 Å². The normalized spacial score (nSPS) is 30.3. The van der Waals surface area contributed by atoms with Crippen LogP contribution in [0.1, 0.15) is 84.8 Å². The van der Waals surface area contributed by atoms with Crippen molar-refractivity contribution in [3.63, 3.8) is 0 Å². The molecule has 0 aromatic heterocycles. The molecular weight excluding hydrogens is 497 g/mol. The van der Waals surface area contributed by atoms with Crippen LogP contribution in [0.4, 0.5) is 13.2 Å². The number of benzene rings is 1. The Balaban J connectivity index is 2.35. The third kappa shape index (κ3) is 8.53. The Labute approximate surface area is 223 Å². The van der Waals surface area contributed by atoms with Gasteiger partial charge in [0.05, 0.1) is 29.6 Å². The first-order valence-corrected chi connectivity index (χ1v) is 13.1. The Hall–Kier alpha value is -2.45. The smallest absolute Gasteiger partial charge is 0.416 e. The second-order valence-electron chi connectivity index (χ2n) is 11.2. The number of Topliss-reactive ketones (excluding diaryl/α,β-unsaturated/α-hetero) is 1. The monoisotopic (exact) mass is 538 g/mol. The van der Waals surface area contributed by atoms with Gasteiger partial charge in [-0.2, -0.15) is 13.2 Å². The van der Waals surface area contributed by atoms with Gasteiger partial charge in [-0.1, -0.05) is 57.6 Å². The highest BCUT2D eigenvalue weighted by Gasteiger charge is 2.42. The summed E-state index contributed by atoms with van der Waals surface area (Å²) < 4.78 is 44.5. The summed E-state index contributed by atoms with van der Waals surface area (Å²) in [6.45, 7) is 10.4. The summed E-state index contributed by atoms with van der Waals surface area (Å²) in [6.07, 6.45) is -1.42. The summed E-state index contributed by atoms with van der Waals surface area (Å²) >= 11 is 0. The largest absolute Gasteiger partial charge is 0.457 e. The standard InChI is InChI=1S/C30H41F3O5/c1-18-8-7-9-19(2)27(36)21(4)28(37)29(5,6)25(34)17-26(35)38-24(15-10-18)20(3)16-22-11-13-23(14-12-22)30(31,32)33/h10-14,16,19,21,24-25,27,34,36H,7-9,15,17H2,1-6H3/b18-10-,20-16+/t19?,21-,24?,25+,27+/m1/s1. The van der Waals surface area contributed by atoms with Gasteiger partial charge < -0.3 is 14.9 Å². The van der Waals surface area contributed by atoms with Crippen LogP contribution in [0.25, 0.3) is 6.08 Å². The highest BCUT2D eigenvalue weighted by molar-refractivity contribution is 5.88. The number of allylic oxidation sites excluding steroid dienone is 1. The quantitative estimate of drug-likeness (QED) is 0.331. The number of aliphatic hydroxyl groups is 2. The van der Waals surface area contributed by atoms with E-state index < -0.39 is 53.8 Å². The van der Waals surface area contributed by atoms with Crippen LogP contribution in [0.3, 0.4) is 0 Å². The maximum atomic E-state index is 13.2. The first-order valence-electron chi connectivity index (χ1n) is 13.1. The molecule has 0 saturated heterocycles. The molecule has 38 heavy (non-hydrogen) atoms. The third-order valence-corrected chi connectivity index (χ3v) is 7.66. The average molecular weight is 539 g/mol. The van der Waals surface area contributed by atoms with Crippen LogP contribution in [-0.2, 0) is 20.5 Å². The van der Waals surface area contributed by atoms with Crippen LogP contribution in [-0.4, -0.2) is 40.3 Å². The molecular formula is C30H41F3O5. The molecule has 2 rings (SSSR count). The van der Waals surface area contributed by atoms with Gasteiger partial charge >= 0.3 is 12.1 Å². The van der Waals surface area contributed by atoms with Crippen molar-refractivity contribution < 1.29 is 37.7 Å². The van der Waals surface area contributed by atoms with Gasteiger partial charge in [-0.05, 0) is 62.3 Å². The van der Waals surface area contributed by atoms with Crippen LogP contribution in [0, 0.1) is 17.3 Å². The number of ketones is 1. The zero-order valence-corrected chi connectivity index (χ0v) is 23.1. The van der Waals surface area contributed by atoms with E-state index >= 15 is 0 Å². The Kier molecular flexibility index (Phi) is 10.9. The summed E-state index contributed by atoms with van der Waals surface area (Å²) in [6, 6.07) is 4.73. The molecule has 2 unspecified atom stereocenters. The summed E-state index contributed by atoms with van der Waals surface area (Å²) in [5.41, 5.74) is 0.218. The number of cyclic esters (lactones) is 1. The molecule has 0 radical (unpaired) electrons. The Morgan fingerprint density at radius 2 is 1.71 bits per heavy atom. The van der Waals surface area contributed by atoms with Crippen molar-refractivity contribution in [3.8, 4) is 0 Å². The lowest BCUT2D eigenvalue weighted by molar-refractivity contribution is -0.154. The molecule has 212 valence electrons. The fourth-order valence-corrected chi connectivity index (χ4v) is 4.75. The minimum atomic E-state index is -4.43. The van der Waals surface area contributed by atoms with Crippen molar-refractivity contribution in [3.05, 3.63) is 52.6 Å². The van der Waals surface area contributed by atoms with Crippen molar-refractivity contribution in [1.82, 2.24) is 0 Å². The summed E-state index contributed by atoms with van der Waals surface area (Å²) in [7, 11) is 0. The number of hydrogen-bond acceptors (Lipinski definition) is 5. The number of aliphatic hydroxyl groups excluding tert-OH is 2. The van der Waals surface area contributed by atoms with Crippen molar-refractivity contribution in [2.75, 3.05) is 0 Å². The van der Waals surface area contributed by atoms with Gasteiger partial charge in [-0.15, -0.1) is 0 Å². The topological polar surface area (TPSA) is 83.8 Å². The molecule has 0 saturated carbocycles. The molecule has 0 aliphatic carbocycles. The number of alkyl halides is 3. The Morgan fingerprint density at radius 1 is 1.11 bits per heavy atom.